The van der Waals surface area contributed by atoms with Gasteiger partial charge in [-0.25, -0.2) is 0 Å². The maximum absolute atomic E-state index is 12.5. The molecule has 300 valence electrons. The van der Waals surface area contributed by atoms with Gasteiger partial charge in [0.05, 0.1) is 18.8 Å². The number of amides is 1. The lowest BCUT2D eigenvalue weighted by Gasteiger charge is -2.27. The van der Waals surface area contributed by atoms with Crippen LogP contribution in [0, 0.1) is 0 Å². The lowest BCUT2D eigenvalue weighted by atomic mass is 9.99. The van der Waals surface area contributed by atoms with Crippen LogP contribution in [0.4, 0.5) is 0 Å². The van der Waals surface area contributed by atoms with Crippen LogP contribution in [0.1, 0.15) is 245 Å². The van der Waals surface area contributed by atoms with E-state index >= 15 is 0 Å². The van der Waals surface area contributed by atoms with Crippen LogP contribution in [0.3, 0.4) is 0 Å². The molecule has 0 aliphatic rings. The Kier molecular flexibility index (Phi) is 39.0. The first kappa shape index (κ1) is 49.3. The summed E-state index contributed by atoms with van der Waals surface area (Å²) in [6.07, 6.45) is 41.3. The number of hydrogen-bond acceptors (Lipinski definition) is 5. The number of nitrogens with one attached hydrogen (secondary N) is 1. The summed E-state index contributed by atoms with van der Waals surface area (Å²) in [6.45, 7) is 4.06. The molecule has 4 atom stereocenters. The van der Waals surface area contributed by atoms with E-state index in [9.17, 15) is 25.2 Å². The average molecular weight is 712 g/mol. The van der Waals surface area contributed by atoms with Crippen LogP contribution < -0.4 is 5.32 Å². The van der Waals surface area contributed by atoms with Gasteiger partial charge in [-0.2, -0.15) is 0 Å². The van der Waals surface area contributed by atoms with Crippen LogP contribution in [-0.4, -0.2) is 57.3 Å². The highest BCUT2D eigenvalue weighted by atomic mass is 16.3. The summed E-state index contributed by atoms with van der Waals surface area (Å²) >= 11 is 0. The van der Waals surface area contributed by atoms with Crippen molar-refractivity contribution in [3.8, 4) is 0 Å². The molecule has 0 saturated heterocycles. The predicted octanol–water partition coefficient (Wildman–Crippen LogP) is 11.6. The second-order valence-electron chi connectivity index (χ2n) is 15.8. The van der Waals surface area contributed by atoms with E-state index in [2.05, 4.69) is 19.2 Å². The lowest BCUT2D eigenvalue weighted by molar-refractivity contribution is -0.132. The number of rotatable bonds is 41. The van der Waals surface area contributed by atoms with E-state index in [1.165, 1.54) is 180 Å². The summed E-state index contributed by atoms with van der Waals surface area (Å²) in [5, 5.41) is 43.7. The first-order valence-corrected chi connectivity index (χ1v) is 22.4. The third kappa shape index (κ3) is 33.2. The minimum absolute atomic E-state index is 0.375. The van der Waals surface area contributed by atoms with Crippen LogP contribution in [0.25, 0.3) is 0 Å². The minimum Gasteiger partial charge on any atom is -0.394 e. The third-order valence-electron chi connectivity index (χ3n) is 10.8. The SMILES string of the molecule is CCCCCCCCCCCCCCCCCCCCCC[C@@H](O)[C@@H](O)[C@H](CO)NC(=O)[C@H](O)CCCCCCCCCCCCCCCC. The molecule has 0 aliphatic carbocycles. The number of carbonyl (C=O) groups is 1. The highest BCUT2D eigenvalue weighted by Gasteiger charge is 2.28. The Morgan fingerprint density at radius 1 is 0.420 bits per heavy atom. The molecule has 0 heterocycles. The van der Waals surface area contributed by atoms with Gasteiger partial charge in [-0.15, -0.1) is 0 Å². The zero-order chi connectivity index (χ0) is 36.8. The quantitative estimate of drug-likeness (QED) is 0.0406. The largest absolute Gasteiger partial charge is 0.394 e. The maximum atomic E-state index is 12.5. The van der Waals surface area contributed by atoms with Crippen molar-refractivity contribution < 1.29 is 25.2 Å². The van der Waals surface area contributed by atoms with Crippen molar-refractivity contribution in [3.05, 3.63) is 0 Å². The molecule has 1 amide bonds. The van der Waals surface area contributed by atoms with Gasteiger partial charge < -0.3 is 25.7 Å². The number of hydrogen-bond donors (Lipinski definition) is 5. The van der Waals surface area contributed by atoms with E-state index in [4.69, 9.17) is 0 Å². The summed E-state index contributed by atoms with van der Waals surface area (Å²) in [4.78, 5) is 12.5. The summed E-state index contributed by atoms with van der Waals surface area (Å²) < 4.78 is 0. The Bertz CT molecular complexity index is 677. The summed E-state index contributed by atoms with van der Waals surface area (Å²) in [5.41, 5.74) is 0. The van der Waals surface area contributed by atoms with Gasteiger partial charge in [-0.05, 0) is 12.8 Å². The van der Waals surface area contributed by atoms with E-state index in [0.29, 0.717) is 12.8 Å². The molecule has 0 radical (unpaired) electrons. The highest BCUT2D eigenvalue weighted by molar-refractivity contribution is 5.80. The van der Waals surface area contributed by atoms with Gasteiger partial charge in [-0.1, -0.05) is 232 Å². The summed E-state index contributed by atoms with van der Waals surface area (Å²) in [7, 11) is 0. The monoisotopic (exact) mass is 712 g/mol. The molecular weight excluding hydrogens is 622 g/mol. The Morgan fingerprint density at radius 3 is 0.960 bits per heavy atom. The fourth-order valence-electron chi connectivity index (χ4n) is 7.23. The van der Waals surface area contributed by atoms with E-state index in [-0.39, 0.29) is 0 Å². The van der Waals surface area contributed by atoms with Crippen molar-refractivity contribution in [1.29, 1.82) is 0 Å². The molecule has 0 saturated carbocycles. The van der Waals surface area contributed by atoms with Crippen molar-refractivity contribution >= 4 is 5.91 Å². The van der Waals surface area contributed by atoms with Crippen molar-refractivity contribution in [1.82, 2.24) is 5.32 Å². The van der Waals surface area contributed by atoms with Crippen molar-refractivity contribution in [3.63, 3.8) is 0 Å². The Balaban J connectivity index is 3.68. The first-order valence-electron chi connectivity index (χ1n) is 22.4. The Hall–Kier alpha value is -0.690. The number of carbonyl (C=O) groups excluding carboxylic acids is 1. The second kappa shape index (κ2) is 39.5. The smallest absolute Gasteiger partial charge is 0.249 e. The van der Waals surface area contributed by atoms with E-state index in [1.807, 2.05) is 0 Å². The van der Waals surface area contributed by atoms with Gasteiger partial charge in [0.25, 0.3) is 0 Å². The third-order valence-corrected chi connectivity index (χ3v) is 10.8. The van der Waals surface area contributed by atoms with Gasteiger partial charge in [-0.3, -0.25) is 4.79 Å². The average Bonchev–Trinajstić information content (AvgIpc) is 3.12. The second-order valence-corrected chi connectivity index (χ2v) is 15.8. The molecule has 0 aliphatic heterocycles. The first-order chi connectivity index (χ1) is 24.5. The van der Waals surface area contributed by atoms with Crippen molar-refractivity contribution in [2.75, 3.05) is 6.61 Å². The number of aliphatic hydroxyl groups is 4. The number of unbranched alkanes of at least 4 members (excludes halogenated alkanes) is 32. The molecule has 0 aromatic heterocycles. The van der Waals surface area contributed by atoms with E-state index in [0.717, 1.165) is 38.5 Å². The molecule has 0 spiro atoms. The predicted molar refractivity (Wildman–Crippen MR) is 215 cm³/mol. The fourth-order valence-corrected chi connectivity index (χ4v) is 7.23. The Labute approximate surface area is 311 Å². The van der Waals surface area contributed by atoms with Gasteiger partial charge in [0.2, 0.25) is 5.91 Å². The molecule has 6 nitrogen and oxygen atoms in total. The van der Waals surface area contributed by atoms with Gasteiger partial charge in [0, 0.05) is 0 Å². The molecule has 6 heteroatoms. The van der Waals surface area contributed by atoms with Gasteiger partial charge in [0.1, 0.15) is 12.2 Å². The highest BCUT2D eigenvalue weighted by Crippen LogP contribution is 2.17. The molecular formula is C44H89NO5. The zero-order valence-electron chi connectivity index (χ0n) is 33.7. The number of aliphatic hydroxyl groups excluding tert-OH is 4. The molecule has 0 bridgehead atoms. The zero-order valence-corrected chi connectivity index (χ0v) is 33.7. The lowest BCUT2D eigenvalue weighted by Crippen LogP contribution is -2.53. The van der Waals surface area contributed by atoms with Crippen molar-refractivity contribution in [2.24, 2.45) is 0 Å². The molecule has 0 rings (SSSR count). The molecule has 50 heavy (non-hydrogen) atoms. The topological polar surface area (TPSA) is 110 Å². The maximum Gasteiger partial charge on any atom is 0.249 e. The molecule has 0 unspecified atom stereocenters. The van der Waals surface area contributed by atoms with Gasteiger partial charge >= 0.3 is 0 Å². The van der Waals surface area contributed by atoms with Gasteiger partial charge in [0.15, 0.2) is 0 Å². The molecule has 0 aromatic rings. The molecule has 0 fully saturated rings. The summed E-state index contributed by atoms with van der Waals surface area (Å²) in [6, 6.07) is -0.978. The fraction of sp³-hybridized carbons (Fsp3) is 0.977. The van der Waals surface area contributed by atoms with Crippen LogP contribution in [0.2, 0.25) is 0 Å². The molecule has 5 N–H and O–H groups in total. The van der Waals surface area contributed by atoms with Crippen molar-refractivity contribution in [2.45, 2.75) is 269 Å². The summed E-state index contributed by atoms with van der Waals surface area (Å²) in [5.74, 6) is -0.580. The van der Waals surface area contributed by atoms with Crippen LogP contribution >= 0.6 is 0 Å². The minimum atomic E-state index is -1.25. The molecule has 0 aromatic carbocycles. The van der Waals surface area contributed by atoms with Crippen LogP contribution in [0.15, 0.2) is 0 Å². The van der Waals surface area contributed by atoms with E-state index in [1.54, 1.807) is 0 Å². The standard InChI is InChI=1S/C44H89NO5/c1-3-5-7-9-11-13-15-17-19-20-21-22-23-24-26-27-29-31-33-35-37-41(47)43(49)40(39-46)45-44(50)42(48)38-36-34-32-30-28-25-18-16-14-12-10-8-6-4-2/h40-43,46-49H,3-39H2,1-2H3,(H,45,50)/t40-,41+,42+,43-/m0/s1. The van der Waals surface area contributed by atoms with E-state index < -0.39 is 36.9 Å². The normalized spacial score (nSPS) is 14.1. The van der Waals surface area contributed by atoms with Crippen LogP contribution in [-0.2, 0) is 4.79 Å². The Morgan fingerprint density at radius 2 is 0.680 bits per heavy atom. The van der Waals surface area contributed by atoms with Crippen LogP contribution in [0.5, 0.6) is 0 Å².